The minimum Gasteiger partial charge on any atom is -0.447 e. The van der Waals surface area contributed by atoms with Gasteiger partial charge >= 0.3 is 12.2 Å². The number of nitrogens with zero attached hydrogens (tertiary/aromatic N) is 1. The van der Waals surface area contributed by atoms with E-state index in [1.807, 2.05) is 30.3 Å². The first-order valence-electron chi connectivity index (χ1n) is 9.32. The van der Waals surface area contributed by atoms with Crippen molar-refractivity contribution in [2.24, 2.45) is 0 Å². The molecule has 0 radical (unpaired) electrons. The summed E-state index contributed by atoms with van der Waals surface area (Å²) in [7, 11) is 0. The fourth-order valence-electron chi connectivity index (χ4n) is 2.58. The van der Waals surface area contributed by atoms with E-state index in [1.165, 1.54) is 11.3 Å². The second-order valence-electron chi connectivity index (χ2n) is 6.60. The van der Waals surface area contributed by atoms with Crippen LogP contribution >= 0.6 is 11.3 Å². The van der Waals surface area contributed by atoms with Crippen LogP contribution in [0.4, 0.5) is 9.59 Å². The number of rotatable bonds is 10. The number of hydrogen-bond donors (Lipinski definition) is 2. The van der Waals surface area contributed by atoms with Gasteiger partial charge in [0.2, 0.25) is 0 Å². The zero-order valence-electron chi connectivity index (χ0n) is 16.2. The lowest BCUT2D eigenvalue weighted by atomic mass is 10.0. The van der Waals surface area contributed by atoms with Crippen molar-refractivity contribution in [2.45, 2.75) is 51.9 Å². The van der Waals surface area contributed by atoms with Gasteiger partial charge in [-0.25, -0.2) is 9.59 Å². The highest BCUT2D eigenvalue weighted by Crippen LogP contribution is 2.10. The van der Waals surface area contributed by atoms with Gasteiger partial charge in [-0.2, -0.15) is 0 Å². The molecule has 0 spiro atoms. The number of thiazole rings is 1. The van der Waals surface area contributed by atoms with Crippen molar-refractivity contribution in [3.8, 4) is 0 Å². The number of hydrogen-bond acceptors (Lipinski definition) is 6. The average molecular weight is 406 g/mol. The molecule has 1 aromatic carbocycles. The van der Waals surface area contributed by atoms with Crippen LogP contribution in [0, 0.1) is 0 Å². The molecule has 2 rings (SSSR count). The van der Waals surface area contributed by atoms with Gasteiger partial charge in [-0.1, -0.05) is 30.3 Å². The minimum atomic E-state index is -0.457. The summed E-state index contributed by atoms with van der Waals surface area (Å²) in [6.07, 6.45) is 2.74. The first-order chi connectivity index (χ1) is 13.5. The van der Waals surface area contributed by atoms with Gasteiger partial charge in [0.25, 0.3) is 0 Å². The van der Waals surface area contributed by atoms with Crippen molar-refractivity contribution in [3.63, 3.8) is 0 Å². The van der Waals surface area contributed by atoms with Gasteiger partial charge in [-0.15, -0.1) is 11.3 Å². The summed E-state index contributed by atoms with van der Waals surface area (Å²) in [5, 5.41) is 5.65. The lowest BCUT2D eigenvalue weighted by Gasteiger charge is -2.19. The van der Waals surface area contributed by atoms with Gasteiger partial charge < -0.3 is 20.1 Å². The van der Waals surface area contributed by atoms with Gasteiger partial charge in [0.15, 0.2) is 0 Å². The second-order valence-corrected chi connectivity index (χ2v) is 7.57. The average Bonchev–Trinajstić information content (AvgIpc) is 3.17. The highest BCUT2D eigenvalue weighted by atomic mass is 32.1. The van der Waals surface area contributed by atoms with Gasteiger partial charge in [0.05, 0.1) is 16.5 Å². The molecule has 0 unspecified atom stereocenters. The molecule has 0 aliphatic carbocycles. The van der Waals surface area contributed by atoms with E-state index in [1.54, 1.807) is 25.6 Å². The van der Waals surface area contributed by atoms with Crippen molar-refractivity contribution < 1.29 is 19.1 Å². The first-order valence-corrected chi connectivity index (χ1v) is 10.2. The Morgan fingerprint density at radius 3 is 2.64 bits per heavy atom. The summed E-state index contributed by atoms with van der Waals surface area (Å²) < 4.78 is 10.3. The number of amides is 2. The number of carbonyl (C=O) groups is 2. The number of carbonyl (C=O) groups excluding carboxylic acids is 2. The highest BCUT2D eigenvalue weighted by Gasteiger charge is 2.15. The summed E-state index contributed by atoms with van der Waals surface area (Å²) >= 11 is 1.44. The minimum absolute atomic E-state index is 0.0979. The number of nitrogens with one attached hydrogen (secondary N) is 2. The molecule has 8 heteroatoms. The van der Waals surface area contributed by atoms with Crippen LogP contribution in [0.2, 0.25) is 0 Å². The summed E-state index contributed by atoms with van der Waals surface area (Å²) in [4.78, 5) is 28.6. The Morgan fingerprint density at radius 2 is 1.96 bits per heavy atom. The molecule has 0 saturated carbocycles. The number of benzene rings is 1. The van der Waals surface area contributed by atoms with E-state index in [2.05, 4.69) is 15.6 Å². The predicted molar refractivity (Wildman–Crippen MR) is 108 cm³/mol. The Labute approximate surface area is 169 Å². The van der Waals surface area contributed by atoms with Crippen molar-refractivity contribution >= 4 is 23.5 Å². The molecule has 28 heavy (non-hydrogen) atoms. The molecule has 0 aliphatic heterocycles. The first kappa shape index (κ1) is 21.7. The maximum atomic E-state index is 12.2. The van der Waals surface area contributed by atoms with Crippen LogP contribution in [0.3, 0.4) is 0 Å². The molecule has 7 nitrogen and oxygen atoms in total. The van der Waals surface area contributed by atoms with E-state index in [0.29, 0.717) is 25.8 Å². The molecule has 2 amide bonds. The van der Waals surface area contributed by atoms with E-state index in [0.717, 1.165) is 10.4 Å². The maximum absolute atomic E-state index is 12.2. The fourth-order valence-corrected chi connectivity index (χ4v) is 3.08. The van der Waals surface area contributed by atoms with Crippen LogP contribution < -0.4 is 10.6 Å². The van der Waals surface area contributed by atoms with Crippen molar-refractivity contribution in [3.05, 3.63) is 52.5 Å². The van der Waals surface area contributed by atoms with Crippen LogP contribution in [0.5, 0.6) is 0 Å². The molecular weight excluding hydrogens is 378 g/mol. The third-order valence-electron chi connectivity index (χ3n) is 3.82. The largest absolute Gasteiger partial charge is 0.447 e. The van der Waals surface area contributed by atoms with Gasteiger partial charge in [0.1, 0.15) is 6.61 Å². The Balaban J connectivity index is 1.80. The summed E-state index contributed by atoms with van der Waals surface area (Å²) in [5.41, 5.74) is 2.83. The Kier molecular flexibility index (Phi) is 9.27. The molecule has 152 valence electrons. The lowest BCUT2D eigenvalue weighted by molar-refractivity contribution is 0.115. The van der Waals surface area contributed by atoms with E-state index >= 15 is 0 Å². The topological polar surface area (TPSA) is 89.6 Å². The third-order valence-corrected chi connectivity index (χ3v) is 4.57. The molecule has 0 saturated heterocycles. The fraction of sp³-hybridized carbons (Fsp3) is 0.450. The van der Waals surface area contributed by atoms with Crippen molar-refractivity contribution in [2.75, 3.05) is 6.54 Å². The normalized spacial score (nSPS) is 11.7. The molecule has 0 fully saturated rings. The Hall–Kier alpha value is -2.61. The van der Waals surface area contributed by atoms with Crippen molar-refractivity contribution in [1.82, 2.24) is 15.6 Å². The molecule has 2 N–H and O–H groups in total. The Morgan fingerprint density at radius 1 is 1.18 bits per heavy atom. The maximum Gasteiger partial charge on any atom is 0.407 e. The van der Waals surface area contributed by atoms with Gasteiger partial charge in [0, 0.05) is 18.8 Å². The highest BCUT2D eigenvalue weighted by molar-refractivity contribution is 7.09. The molecule has 2 aromatic rings. The summed E-state index contributed by atoms with van der Waals surface area (Å²) in [6, 6.07) is 9.85. The molecule has 0 aliphatic rings. The molecule has 1 aromatic heterocycles. The van der Waals surface area contributed by atoms with Crippen LogP contribution in [-0.2, 0) is 22.5 Å². The van der Waals surface area contributed by atoms with Gasteiger partial charge in [-0.3, -0.25) is 4.98 Å². The SMILES string of the molecule is CC(C)OC(=O)NCCC[C@H](Cc1ccccc1)NC(=O)OCc1cncs1. The van der Waals surface area contributed by atoms with Crippen LogP contribution in [0.15, 0.2) is 42.0 Å². The predicted octanol–water partition coefficient (Wildman–Crippen LogP) is 3.90. The molecule has 1 atom stereocenters. The third kappa shape index (κ3) is 8.85. The second kappa shape index (κ2) is 12.0. The van der Waals surface area contributed by atoms with Crippen LogP contribution in [0.1, 0.15) is 37.1 Å². The molecule has 0 bridgehead atoms. The zero-order chi connectivity index (χ0) is 20.2. The number of alkyl carbamates (subject to hydrolysis) is 2. The van der Waals surface area contributed by atoms with E-state index in [-0.39, 0.29) is 18.8 Å². The summed E-state index contributed by atoms with van der Waals surface area (Å²) in [6.45, 7) is 4.29. The van der Waals surface area contributed by atoms with Gasteiger partial charge in [-0.05, 0) is 38.7 Å². The van der Waals surface area contributed by atoms with E-state index in [4.69, 9.17) is 9.47 Å². The smallest absolute Gasteiger partial charge is 0.407 e. The number of aromatic nitrogens is 1. The van der Waals surface area contributed by atoms with Crippen molar-refractivity contribution in [1.29, 1.82) is 0 Å². The van der Waals surface area contributed by atoms with Crippen LogP contribution in [0.25, 0.3) is 0 Å². The lowest BCUT2D eigenvalue weighted by Crippen LogP contribution is -2.37. The number of ether oxygens (including phenoxy) is 2. The monoisotopic (exact) mass is 405 g/mol. The molecule has 1 heterocycles. The van der Waals surface area contributed by atoms with E-state index in [9.17, 15) is 9.59 Å². The Bertz CT molecular complexity index is 708. The molecular formula is C20H27N3O4S. The van der Waals surface area contributed by atoms with E-state index < -0.39 is 12.2 Å². The quantitative estimate of drug-likeness (QED) is 0.585. The standard InChI is InChI=1S/C20H27N3O4S/c1-15(2)27-19(24)22-10-6-9-17(11-16-7-4-3-5-8-16)23-20(25)26-13-18-12-21-14-28-18/h3-5,7-8,12,14-15,17H,6,9-11,13H2,1-2H3,(H,22,24)(H,23,25)/t17-/m1/s1. The zero-order valence-corrected chi connectivity index (χ0v) is 17.0. The summed E-state index contributed by atoms with van der Waals surface area (Å²) in [5.74, 6) is 0. The van der Waals surface area contributed by atoms with Crippen LogP contribution in [-0.4, -0.2) is 35.9 Å².